The van der Waals surface area contributed by atoms with Crippen molar-refractivity contribution in [1.82, 2.24) is 9.97 Å². The first-order valence-corrected chi connectivity index (χ1v) is 8.51. The van der Waals surface area contributed by atoms with Crippen molar-refractivity contribution in [2.24, 2.45) is 0 Å². The lowest BCUT2D eigenvalue weighted by Crippen LogP contribution is -2.73. The maximum absolute atomic E-state index is 13.9. The summed E-state index contributed by atoms with van der Waals surface area (Å²) in [5.74, 6) is -1.19. The van der Waals surface area contributed by atoms with E-state index in [1.54, 1.807) is 12.1 Å². The lowest BCUT2D eigenvalue weighted by atomic mass is 10.0. The number of hydrogen-bond acceptors (Lipinski definition) is 5. The molecule has 10 heteroatoms. The average Bonchev–Trinajstić information content (AvgIpc) is 2.73. The normalized spacial score (nSPS) is 11.2. The summed E-state index contributed by atoms with van der Waals surface area (Å²) >= 11 is 0. The number of ether oxygens (including phenoxy) is 1. The number of carbonyl (C=O) groups is 1. The van der Waals surface area contributed by atoms with Gasteiger partial charge in [0.15, 0.2) is 0 Å². The smallest absolute Gasteiger partial charge is 0.433 e. The van der Waals surface area contributed by atoms with Gasteiger partial charge in [-0.2, -0.15) is 23.1 Å². The van der Waals surface area contributed by atoms with Crippen LogP contribution in [0, 0.1) is 11.2 Å². The zero-order valence-electron chi connectivity index (χ0n) is 15.5. The number of nitrogens with two attached hydrogens (primary N) is 1. The third-order valence-electron chi connectivity index (χ3n) is 4.17. The van der Waals surface area contributed by atoms with Crippen LogP contribution in [0.1, 0.15) is 15.9 Å². The number of methoxy groups -OCH3 is 1. The minimum Gasteiger partial charge on any atom is -0.465 e. The number of nitrogens with one attached hydrogen (secondary N) is 1. The fraction of sp³-hybridized carbons (Fsp3) is 0.100. The van der Waals surface area contributed by atoms with Crippen LogP contribution in [0.4, 0.5) is 29.2 Å². The van der Waals surface area contributed by atoms with Gasteiger partial charge in [-0.1, -0.05) is 18.2 Å². The van der Waals surface area contributed by atoms with Crippen LogP contribution >= 0.6 is 0 Å². The highest BCUT2D eigenvalue weighted by Gasteiger charge is 2.38. The number of esters is 1. The second-order valence-corrected chi connectivity index (χ2v) is 6.12. The van der Waals surface area contributed by atoms with E-state index in [-0.39, 0.29) is 22.8 Å². The zero-order chi connectivity index (χ0) is 21.9. The third kappa shape index (κ3) is 4.49. The molecule has 0 fully saturated rings. The number of rotatable bonds is 5. The Kier molecular flexibility index (Phi) is 5.88. The van der Waals surface area contributed by atoms with Crippen LogP contribution in [0.15, 0.2) is 54.9 Å². The number of halogens is 4. The van der Waals surface area contributed by atoms with E-state index >= 15 is 0 Å². The van der Waals surface area contributed by atoms with Crippen LogP contribution in [0.5, 0.6) is 0 Å². The Labute approximate surface area is 168 Å². The van der Waals surface area contributed by atoms with Gasteiger partial charge in [0.25, 0.3) is 0 Å². The van der Waals surface area contributed by atoms with E-state index in [0.29, 0.717) is 5.56 Å². The summed E-state index contributed by atoms with van der Waals surface area (Å²) < 4.78 is 57.7. The molecule has 0 unspecified atom stereocenters. The molecule has 3 N–H and O–H groups in total. The topological polar surface area (TPSA) is 92.5 Å². The number of benzene rings is 2. The Hall–Kier alpha value is -3.66. The molecule has 6 nitrogen and oxygen atoms in total. The molecule has 3 aromatic rings. The van der Waals surface area contributed by atoms with Gasteiger partial charge in [-0.05, 0) is 18.2 Å². The maximum Gasteiger partial charge on any atom is 0.433 e. The van der Waals surface area contributed by atoms with Crippen molar-refractivity contribution >= 4 is 23.3 Å². The van der Waals surface area contributed by atoms with E-state index in [4.69, 9.17) is 5.41 Å². The lowest BCUT2D eigenvalue weighted by molar-refractivity contribution is -0.487. The summed E-state index contributed by atoms with van der Waals surface area (Å²) in [7, 11) is 1.14. The van der Waals surface area contributed by atoms with Crippen molar-refractivity contribution in [3.63, 3.8) is 0 Å². The fourth-order valence-corrected chi connectivity index (χ4v) is 2.69. The molecule has 0 bridgehead atoms. The molecule has 0 saturated carbocycles. The SMILES string of the molecule is COC(=O)c1ccc(C(=N)C(F)(F)F)c([NH2+]c2ncc(-c3ccccc3F)cn2)c1. The maximum atomic E-state index is 13.9. The minimum atomic E-state index is -4.88. The lowest BCUT2D eigenvalue weighted by Gasteiger charge is -2.12. The standard InChI is InChI=1S/C20H14F4N4O2/c1-30-18(29)11-6-7-14(17(25)20(22,23)24)16(8-11)28-19-26-9-12(10-27-19)13-4-2-3-5-15(13)21/h2-10,25H,1H3,(H,26,27,28)/p+1. The van der Waals surface area contributed by atoms with Crippen LogP contribution in [0.3, 0.4) is 0 Å². The van der Waals surface area contributed by atoms with Gasteiger partial charge in [-0.3, -0.25) is 5.41 Å². The first-order chi connectivity index (χ1) is 14.2. The molecule has 30 heavy (non-hydrogen) atoms. The first kappa shape index (κ1) is 21.1. The highest BCUT2D eigenvalue weighted by atomic mass is 19.4. The summed E-state index contributed by atoms with van der Waals surface area (Å²) in [6.45, 7) is 0. The van der Waals surface area contributed by atoms with Gasteiger partial charge in [-0.25, -0.2) is 14.5 Å². The Morgan fingerprint density at radius 3 is 2.37 bits per heavy atom. The van der Waals surface area contributed by atoms with E-state index < -0.39 is 29.2 Å². The van der Waals surface area contributed by atoms with Crippen molar-refractivity contribution in [1.29, 1.82) is 5.41 Å². The molecule has 0 radical (unpaired) electrons. The highest BCUT2D eigenvalue weighted by Crippen LogP contribution is 2.26. The molecule has 2 aromatic carbocycles. The van der Waals surface area contributed by atoms with E-state index in [2.05, 4.69) is 14.7 Å². The van der Waals surface area contributed by atoms with Gasteiger partial charge >= 0.3 is 18.1 Å². The van der Waals surface area contributed by atoms with Crippen molar-refractivity contribution < 1.29 is 32.4 Å². The average molecular weight is 419 g/mol. The Morgan fingerprint density at radius 2 is 1.77 bits per heavy atom. The zero-order valence-corrected chi connectivity index (χ0v) is 15.5. The molecule has 0 saturated heterocycles. The molecule has 1 heterocycles. The van der Waals surface area contributed by atoms with Gasteiger partial charge < -0.3 is 4.74 Å². The summed E-state index contributed by atoms with van der Waals surface area (Å²) in [5, 5.41) is 8.64. The van der Waals surface area contributed by atoms with E-state index in [0.717, 1.165) is 25.3 Å². The molecule has 0 aliphatic rings. The summed E-state index contributed by atoms with van der Waals surface area (Å²) in [6, 6.07) is 9.32. The van der Waals surface area contributed by atoms with E-state index in [9.17, 15) is 22.4 Å². The molecular weight excluding hydrogens is 404 g/mol. The number of aromatic nitrogens is 2. The molecule has 154 valence electrons. The quantitative estimate of drug-likeness (QED) is 0.286. The Balaban J connectivity index is 1.97. The molecule has 0 aliphatic heterocycles. The van der Waals surface area contributed by atoms with Crippen LogP contribution < -0.4 is 5.32 Å². The Bertz CT molecular complexity index is 1100. The molecule has 0 spiro atoms. The summed E-state index contributed by atoms with van der Waals surface area (Å²) in [4.78, 5) is 19.8. The molecular formula is C20H15F4N4O2+. The summed E-state index contributed by atoms with van der Waals surface area (Å²) in [5.41, 5.74) is -1.44. The van der Waals surface area contributed by atoms with Gasteiger partial charge in [0.2, 0.25) is 0 Å². The molecule has 0 amide bonds. The van der Waals surface area contributed by atoms with Crippen LogP contribution in [0.25, 0.3) is 11.1 Å². The number of carbonyl (C=O) groups excluding carboxylic acids is 1. The third-order valence-corrected chi connectivity index (χ3v) is 4.17. The number of nitrogens with zero attached hydrogens (tertiary/aromatic N) is 2. The van der Waals surface area contributed by atoms with E-state index in [1.807, 2.05) is 0 Å². The number of quaternary nitrogens is 1. The van der Waals surface area contributed by atoms with Gasteiger partial charge in [-0.15, -0.1) is 0 Å². The first-order valence-electron chi connectivity index (χ1n) is 8.51. The molecule has 0 aliphatic carbocycles. The number of alkyl halides is 3. The van der Waals surface area contributed by atoms with Crippen molar-refractivity contribution in [3.05, 3.63) is 71.8 Å². The van der Waals surface area contributed by atoms with Gasteiger partial charge in [0.1, 0.15) is 17.2 Å². The van der Waals surface area contributed by atoms with Crippen LogP contribution in [0.2, 0.25) is 0 Å². The molecule has 1 aromatic heterocycles. The van der Waals surface area contributed by atoms with Crippen LogP contribution in [-0.4, -0.2) is 34.9 Å². The second kappa shape index (κ2) is 8.37. The predicted octanol–water partition coefficient (Wildman–Crippen LogP) is 3.53. The van der Waals surface area contributed by atoms with Gasteiger partial charge in [0.05, 0.1) is 18.2 Å². The van der Waals surface area contributed by atoms with Crippen LogP contribution in [-0.2, 0) is 4.74 Å². The second-order valence-electron chi connectivity index (χ2n) is 6.12. The van der Waals surface area contributed by atoms with Crippen molar-refractivity contribution in [3.8, 4) is 11.1 Å². The highest BCUT2D eigenvalue weighted by molar-refractivity contribution is 6.06. The van der Waals surface area contributed by atoms with Gasteiger partial charge in [0, 0.05) is 29.6 Å². The number of hydrogen-bond donors (Lipinski definition) is 2. The van der Waals surface area contributed by atoms with Crippen molar-refractivity contribution in [2.75, 3.05) is 7.11 Å². The largest absolute Gasteiger partial charge is 0.465 e. The van der Waals surface area contributed by atoms with Crippen molar-refractivity contribution in [2.45, 2.75) is 6.18 Å². The molecule has 0 atom stereocenters. The monoisotopic (exact) mass is 419 g/mol. The molecule has 3 rings (SSSR count). The fourth-order valence-electron chi connectivity index (χ4n) is 2.69. The predicted molar refractivity (Wildman–Crippen MR) is 99.3 cm³/mol. The Morgan fingerprint density at radius 1 is 1.10 bits per heavy atom. The minimum absolute atomic E-state index is 0.00505. The summed E-state index contributed by atoms with van der Waals surface area (Å²) in [6.07, 6.45) is -2.22. The van der Waals surface area contributed by atoms with E-state index in [1.165, 1.54) is 29.8 Å².